The van der Waals surface area contributed by atoms with E-state index in [0.717, 1.165) is 18.7 Å². The topological polar surface area (TPSA) is 41.6 Å². The van der Waals surface area contributed by atoms with E-state index in [1.54, 1.807) is 12.1 Å². The van der Waals surface area contributed by atoms with E-state index in [1.165, 1.54) is 18.4 Å². The molecule has 1 N–H and O–H groups in total. The molecule has 5 heteroatoms. The third kappa shape index (κ3) is 4.99. The van der Waals surface area contributed by atoms with Crippen molar-refractivity contribution in [3.05, 3.63) is 64.7 Å². The van der Waals surface area contributed by atoms with Gasteiger partial charge in [-0.2, -0.15) is 0 Å². The van der Waals surface area contributed by atoms with Crippen LogP contribution >= 0.6 is 11.6 Å². The van der Waals surface area contributed by atoms with Crippen LogP contribution in [0.4, 0.5) is 0 Å². The van der Waals surface area contributed by atoms with Crippen LogP contribution in [0.25, 0.3) is 0 Å². The van der Waals surface area contributed by atoms with Crippen molar-refractivity contribution in [3.8, 4) is 5.75 Å². The van der Waals surface area contributed by atoms with Gasteiger partial charge in [-0.15, -0.1) is 0 Å². The third-order valence-electron chi connectivity index (χ3n) is 4.75. The first-order chi connectivity index (χ1) is 12.6. The summed E-state index contributed by atoms with van der Waals surface area (Å²) < 4.78 is 5.63. The van der Waals surface area contributed by atoms with Gasteiger partial charge in [0.25, 0.3) is 5.91 Å². The molecule has 0 aromatic heterocycles. The number of ether oxygens (including phenoxy) is 1. The number of amides is 1. The zero-order chi connectivity index (χ0) is 18.4. The average molecular weight is 373 g/mol. The van der Waals surface area contributed by atoms with Crippen molar-refractivity contribution in [2.45, 2.75) is 25.8 Å². The third-order valence-corrected chi connectivity index (χ3v) is 4.99. The lowest BCUT2D eigenvalue weighted by Gasteiger charge is -2.28. The molecular formula is C21H25ClN2O2. The van der Waals surface area contributed by atoms with Gasteiger partial charge in [0.2, 0.25) is 0 Å². The lowest BCUT2D eigenvalue weighted by molar-refractivity contribution is -0.123. The number of halogens is 1. The van der Waals surface area contributed by atoms with Crippen LogP contribution in [0.1, 0.15) is 30.0 Å². The largest absolute Gasteiger partial charge is 0.484 e. The number of carbonyl (C=O) groups excluding carboxylic acids is 1. The summed E-state index contributed by atoms with van der Waals surface area (Å²) in [6.45, 7) is 4.67. The van der Waals surface area contributed by atoms with Gasteiger partial charge < -0.3 is 10.1 Å². The van der Waals surface area contributed by atoms with E-state index in [9.17, 15) is 4.79 Å². The lowest BCUT2D eigenvalue weighted by Crippen LogP contribution is -2.38. The molecule has 0 saturated carbocycles. The molecule has 0 bridgehead atoms. The highest BCUT2D eigenvalue weighted by Gasteiger charge is 2.23. The van der Waals surface area contributed by atoms with Gasteiger partial charge in [0.15, 0.2) is 6.61 Å². The minimum Gasteiger partial charge on any atom is -0.484 e. The fraction of sp³-hybridized carbons (Fsp3) is 0.381. The van der Waals surface area contributed by atoms with E-state index in [1.807, 2.05) is 31.2 Å². The predicted molar refractivity (Wildman–Crippen MR) is 105 cm³/mol. The van der Waals surface area contributed by atoms with Crippen molar-refractivity contribution in [1.29, 1.82) is 0 Å². The van der Waals surface area contributed by atoms with Gasteiger partial charge in [-0.1, -0.05) is 41.9 Å². The SMILES string of the molecule is Cc1cc(Cl)ccc1OCC(=O)NC[C@H](c1ccccc1)N1CCCC1. The molecule has 3 rings (SSSR count). The molecule has 1 aliphatic rings. The zero-order valence-corrected chi connectivity index (χ0v) is 15.8. The van der Waals surface area contributed by atoms with E-state index < -0.39 is 0 Å². The van der Waals surface area contributed by atoms with Gasteiger partial charge in [-0.05, 0) is 62.2 Å². The normalized spacial score (nSPS) is 15.6. The monoisotopic (exact) mass is 372 g/mol. The van der Waals surface area contributed by atoms with Crippen LogP contribution in [-0.4, -0.2) is 37.0 Å². The van der Waals surface area contributed by atoms with Crippen molar-refractivity contribution >= 4 is 17.5 Å². The van der Waals surface area contributed by atoms with Crippen molar-refractivity contribution in [2.75, 3.05) is 26.2 Å². The average Bonchev–Trinajstić information content (AvgIpc) is 3.16. The Balaban J connectivity index is 1.55. The van der Waals surface area contributed by atoms with E-state index in [4.69, 9.17) is 16.3 Å². The number of hydrogen-bond acceptors (Lipinski definition) is 3. The van der Waals surface area contributed by atoms with Crippen molar-refractivity contribution in [3.63, 3.8) is 0 Å². The Hall–Kier alpha value is -2.04. The molecule has 138 valence electrons. The van der Waals surface area contributed by atoms with Crippen molar-refractivity contribution in [2.24, 2.45) is 0 Å². The minimum atomic E-state index is -0.112. The Morgan fingerprint density at radius 2 is 1.92 bits per heavy atom. The molecule has 1 aliphatic heterocycles. The lowest BCUT2D eigenvalue weighted by atomic mass is 10.1. The van der Waals surface area contributed by atoms with Gasteiger partial charge in [0.05, 0.1) is 6.04 Å². The van der Waals surface area contributed by atoms with Gasteiger partial charge in [-0.25, -0.2) is 0 Å². The van der Waals surface area contributed by atoms with Crippen LogP contribution in [0.3, 0.4) is 0 Å². The second kappa shape index (κ2) is 9.06. The molecule has 1 fully saturated rings. The molecule has 2 aromatic carbocycles. The number of benzene rings is 2. The Morgan fingerprint density at radius 3 is 2.62 bits per heavy atom. The van der Waals surface area contributed by atoms with Crippen LogP contribution in [0, 0.1) is 6.92 Å². The highest BCUT2D eigenvalue weighted by Crippen LogP contribution is 2.24. The molecule has 2 aromatic rings. The molecule has 26 heavy (non-hydrogen) atoms. The number of likely N-dealkylation sites (tertiary alicyclic amines) is 1. The highest BCUT2D eigenvalue weighted by atomic mass is 35.5. The number of rotatable bonds is 7. The van der Waals surface area contributed by atoms with E-state index in [0.29, 0.717) is 17.3 Å². The van der Waals surface area contributed by atoms with E-state index >= 15 is 0 Å². The summed E-state index contributed by atoms with van der Waals surface area (Å²) in [6, 6.07) is 16.0. The molecule has 0 radical (unpaired) electrons. The number of hydrogen-bond donors (Lipinski definition) is 1. The summed E-state index contributed by atoms with van der Waals surface area (Å²) in [6.07, 6.45) is 2.44. The van der Waals surface area contributed by atoms with Gasteiger partial charge in [-0.3, -0.25) is 9.69 Å². The molecule has 0 unspecified atom stereocenters. The maximum absolute atomic E-state index is 12.3. The van der Waals surface area contributed by atoms with Crippen LogP contribution in [0.2, 0.25) is 5.02 Å². The van der Waals surface area contributed by atoms with Gasteiger partial charge in [0.1, 0.15) is 5.75 Å². The summed E-state index contributed by atoms with van der Waals surface area (Å²) in [7, 11) is 0. The molecule has 1 atom stereocenters. The second-order valence-electron chi connectivity index (χ2n) is 6.67. The van der Waals surface area contributed by atoms with E-state index in [2.05, 4.69) is 22.3 Å². The fourth-order valence-electron chi connectivity index (χ4n) is 3.37. The number of nitrogens with one attached hydrogen (secondary N) is 1. The molecule has 0 aliphatic carbocycles. The maximum atomic E-state index is 12.3. The smallest absolute Gasteiger partial charge is 0.258 e. The zero-order valence-electron chi connectivity index (χ0n) is 15.1. The minimum absolute atomic E-state index is 0.00395. The Kier molecular flexibility index (Phi) is 6.53. The van der Waals surface area contributed by atoms with Crippen LogP contribution in [0.5, 0.6) is 5.75 Å². The molecule has 1 heterocycles. The van der Waals surface area contributed by atoms with Crippen molar-refractivity contribution in [1.82, 2.24) is 10.2 Å². The summed E-state index contributed by atoms with van der Waals surface area (Å²) in [5, 5.41) is 3.69. The number of carbonyl (C=O) groups is 1. The van der Waals surface area contributed by atoms with Crippen molar-refractivity contribution < 1.29 is 9.53 Å². The van der Waals surface area contributed by atoms with Crippen LogP contribution in [-0.2, 0) is 4.79 Å². The Labute approximate surface area is 160 Å². The number of nitrogens with zero attached hydrogens (tertiary/aromatic N) is 1. The molecular weight excluding hydrogens is 348 g/mol. The van der Waals surface area contributed by atoms with Gasteiger partial charge >= 0.3 is 0 Å². The summed E-state index contributed by atoms with van der Waals surface area (Å²) in [4.78, 5) is 14.7. The fourth-order valence-corrected chi connectivity index (χ4v) is 3.59. The predicted octanol–water partition coefficient (Wildman–Crippen LogP) is 3.98. The van der Waals surface area contributed by atoms with Gasteiger partial charge in [0, 0.05) is 11.6 Å². The second-order valence-corrected chi connectivity index (χ2v) is 7.11. The quantitative estimate of drug-likeness (QED) is 0.799. The maximum Gasteiger partial charge on any atom is 0.258 e. The Bertz CT molecular complexity index is 730. The molecule has 0 spiro atoms. The van der Waals surface area contributed by atoms with Crippen LogP contribution < -0.4 is 10.1 Å². The first-order valence-electron chi connectivity index (χ1n) is 9.08. The molecule has 1 amide bonds. The highest BCUT2D eigenvalue weighted by molar-refractivity contribution is 6.30. The Morgan fingerprint density at radius 1 is 1.19 bits per heavy atom. The summed E-state index contributed by atoms with van der Waals surface area (Å²) in [5.74, 6) is 0.572. The molecule has 4 nitrogen and oxygen atoms in total. The molecule has 1 saturated heterocycles. The van der Waals surface area contributed by atoms with Crippen LogP contribution in [0.15, 0.2) is 48.5 Å². The summed E-state index contributed by atoms with van der Waals surface area (Å²) in [5.41, 5.74) is 2.16. The van der Waals surface area contributed by atoms with E-state index in [-0.39, 0.29) is 18.6 Å². The first kappa shape index (κ1) is 18.7. The number of aryl methyl sites for hydroxylation is 1. The first-order valence-corrected chi connectivity index (χ1v) is 9.46. The summed E-state index contributed by atoms with van der Waals surface area (Å²) >= 11 is 5.95. The standard InChI is InChI=1S/C21H25ClN2O2/c1-16-13-18(22)9-10-20(16)26-15-21(25)23-14-19(24-11-5-6-12-24)17-7-3-2-4-8-17/h2-4,7-10,13,19H,5-6,11-12,14-15H2,1H3,(H,23,25)/t19-/m1/s1.